The van der Waals surface area contributed by atoms with Crippen LogP contribution in [0.25, 0.3) is 0 Å². The van der Waals surface area contributed by atoms with Crippen LogP contribution in [0.5, 0.6) is 0 Å². The SMILES string of the molecule is CCC(C)[C@@H](C(CC=O)OC)N(C)C(=O)CC(C)C. The fourth-order valence-electron chi connectivity index (χ4n) is 2.37. The minimum atomic E-state index is -0.228. The van der Waals surface area contributed by atoms with Crippen LogP contribution < -0.4 is 0 Å². The second kappa shape index (κ2) is 9.08. The molecule has 0 radical (unpaired) electrons. The number of carbonyl (C=O) groups is 2. The van der Waals surface area contributed by atoms with Crippen molar-refractivity contribution in [3.05, 3.63) is 0 Å². The Hall–Kier alpha value is -0.900. The smallest absolute Gasteiger partial charge is 0.222 e. The van der Waals surface area contributed by atoms with E-state index in [4.69, 9.17) is 4.74 Å². The highest BCUT2D eigenvalue weighted by molar-refractivity contribution is 5.76. The van der Waals surface area contributed by atoms with Crippen molar-refractivity contribution in [2.24, 2.45) is 11.8 Å². The summed E-state index contributed by atoms with van der Waals surface area (Å²) in [5, 5.41) is 0. The monoisotopic (exact) mass is 271 g/mol. The van der Waals surface area contributed by atoms with Gasteiger partial charge in [-0.2, -0.15) is 0 Å². The molecule has 0 aliphatic rings. The fraction of sp³-hybridized carbons (Fsp3) is 0.867. The summed E-state index contributed by atoms with van der Waals surface area (Å²) in [4.78, 5) is 24.8. The first-order chi connectivity index (χ1) is 8.88. The third-order valence-electron chi connectivity index (χ3n) is 3.66. The second-order valence-corrected chi connectivity index (χ2v) is 5.66. The zero-order valence-electron chi connectivity index (χ0n) is 13.2. The molecule has 0 saturated heterocycles. The van der Waals surface area contributed by atoms with Crippen LogP contribution in [0.4, 0.5) is 0 Å². The van der Waals surface area contributed by atoms with Gasteiger partial charge in [-0.3, -0.25) is 4.79 Å². The number of aldehydes is 1. The summed E-state index contributed by atoms with van der Waals surface area (Å²) in [6.45, 7) is 8.25. The summed E-state index contributed by atoms with van der Waals surface area (Å²) in [6, 6.07) is -0.0496. The van der Waals surface area contributed by atoms with Gasteiger partial charge in [0.2, 0.25) is 5.91 Å². The first-order valence-electron chi connectivity index (χ1n) is 7.11. The number of hydrogen-bond acceptors (Lipinski definition) is 3. The topological polar surface area (TPSA) is 46.6 Å². The second-order valence-electron chi connectivity index (χ2n) is 5.66. The average molecular weight is 271 g/mol. The van der Waals surface area contributed by atoms with Crippen molar-refractivity contribution in [2.75, 3.05) is 14.2 Å². The Morgan fingerprint density at radius 3 is 2.26 bits per heavy atom. The number of rotatable bonds is 9. The average Bonchev–Trinajstić information content (AvgIpc) is 2.36. The highest BCUT2D eigenvalue weighted by Gasteiger charge is 2.32. The lowest BCUT2D eigenvalue weighted by molar-refractivity contribution is -0.138. The van der Waals surface area contributed by atoms with Crippen molar-refractivity contribution < 1.29 is 14.3 Å². The zero-order valence-corrected chi connectivity index (χ0v) is 13.2. The predicted octanol–water partition coefficient (Wildman–Crippen LogP) is 2.51. The van der Waals surface area contributed by atoms with E-state index in [1.165, 1.54) is 0 Å². The van der Waals surface area contributed by atoms with Gasteiger partial charge in [0.15, 0.2) is 0 Å². The molecule has 0 aromatic rings. The Morgan fingerprint density at radius 1 is 1.32 bits per heavy atom. The molecule has 0 saturated carbocycles. The Bertz CT molecular complexity index is 279. The summed E-state index contributed by atoms with van der Waals surface area (Å²) >= 11 is 0. The maximum atomic E-state index is 12.2. The van der Waals surface area contributed by atoms with Gasteiger partial charge in [0.25, 0.3) is 0 Å². The summed E-state index contributed by atoms with van der Waals surface area (Å²) in [7, 11) is 3.42. The summed E-state index contributed by atoms with van der Waals surface area (Å²) in [5.41, 5.74) is 0. The van der Waals surface area contributed by atoms with E-state index in [0.717, 1.165) is 12.7 Å². The molecule has 0 aromatic carbocycles. The molecule has 4 heteroatoms. The number of hydrogen-bond donors (Lipinski definition) is 0. The Morgan fingerprint density at radius 2 is 1.89 bits per heavy atom. The quantitative estimate of drug-likeness (QED) is 0.605. The highest BCUT2D eigenvalue weighted by Crippen LogP contribution is 2.22. The van der Waals surface area contributed by atoms with Crippen molar-refractivity contribution in [1.29, 1.82) is 0 Å². The molecule has 0 rings (SSSR count). The van der Waals surface area contributed by atoms with Crippen LogP contribution in [-0.4, -0.2) is 43.4 Å². The van der Waals surface area contributed by atoms with E-state index in [9.17, 15) is 9.59 Å². The van der Waals surface area contributed by atoms with E-state index in [2.05, 4.69) is 13.8 Å². The van der Waals surface area contributed by atoms with Gasteiger partial charge in [-0.1, -0.05) is 34.1 Å². The van der Waals surface area contributed by atoms with Crippen LogP contribution in [-0.2, 0) is 14.3 Å². The van der Waals surface area contributed by atoms with Gasteiger partial charge >= 0.3 is 0 Å². The lowest BCUT2D eigenvalue weighted by Crippen LogP contribution is -2.49. The maximum Gasteiger partial charge on any atom is 0.222 e. The van der Waals surface area contributed by atoms with Crippen LogP contribution in [0.2, 0.25) is 0 Å². The van der Waals surface area contributed by atoms with E-state index in [1.807, 2.05) is 20.9 Å². The lowest BCUT2D eigenvalue weighted by atomic mass is 9.91. The molecule has 112 valence electrons. The third kappa shape index (κ3) is 5.72. The molecule has 0 spiro atoms. The van der Waals surface area contributed by atoms with Gasteiger partial charge < -0.3 is 14.4 Å². The minimum absolute atomic E-state index is 0.0496. The molecule has 1 amide bonds. The van der Waals surface area contributed by atoms with E-state index >= 15 is 0 Å². The molecule has 0 aliphatic heterocycles. The molecule has 0 aliphatic carbocycles. The van der Waals surface area contributed by atoms with Gasteiger partial charge in [-0.25, -0.2) is 0 Å². The molecule has 0 aromatic heterocycles. The van der Waals surface area contributed by atoms with Crippen LogP contribution in [0.1, 0.15) is 47.0 Å². The van der Waals surface area contributed by atoms with E-state index in [0.29, 0.717) is 24.7 Å². The van der Waals surface area contributed by atoms with Gasteiger partial charge in [0, 0.05) is 27.0 Å². The van der Waals surface area contributed by atoms with E-state index in [1.54, 1.807) is 12.0 Å². The molecule has 19 heavy (non-hydrogen) atoms. The Labute approximate surface area is 117 Å². The van der Waals surface area contributed by atoms with E-state index < -0.39 is 0 Å². The maximum absolute atomic E-state index is 12.2. The minimum Gasteiger partial charge on any atom is -0.379 e. The van der Waals surface area contributed by atoms with Crippen molar-refractivity contribution in [1.82, 2.24) is 4.90 Å². The molecular weight excluding hydrogens is 242 g/mol. The van der Waals surface area contributed by atoms with Crippen LogP contribution in [0, 0.1) is 11.8 Å². The normalized spacial score (nSPS) is 15.9. The van der Waals surface area contributed by atoms with Crippen molar-refractivity contribution in [3.63, 3.8) is 0 Å². The first-order valence-corrected chi connectivity index (χ1v) is 7.11. The van der Waals surface area contributed by atoms with Crippen molar-refractivity contribution in [3.8, 4) is 0 Å². The number of carbonyl (C=O) groups excluding carboxylic acids is 2. The van der Waals surface area contributed by atoms with E-state index in [-0.39, 0.29) is 18.1 Å². The van der Waals surface area contributed by atoms with Crippen LogP contribution >= 0.6 is 0 Å². The van der Waals surface area contributed by atoms with Gasteiger partial charge in [0.05, 0.1) is 12.1 Å². The summed E-state index contributed by atoms with van der Waals surface area (Å²) in [5.74, 6) is 0.749. The zero-order chi connectivity index (χ0) is 15.0. The first kappa shape index (κ1) is 18.1. The van der Waals surface area contributed by atoms with Gasteiger partial charge in [-0.05, 0) is 11.8 Å². The molecule has 0 fully saturated rings. The number of amides is 1. The van der Waals surface area contributed by atoms with Crippen LogP contribution in [0.15, 0.2) is 0 Å². The molecule has 0 heterocycles. The van der Waals surface area contributed by atoms with Gasteiger partial charge in [0.1, 0.15) is 6.29 Å². The lowest BCUT2D eigenvalue weighted by Gasteiger charge is -2.37. The number of nitrogens with zero attached hydrogens (tertiary/aromatic N) is 1. The van der Waals surface area contributed by atoms with Gasteiger partial charge in [-0.15, -0.1) is 0 Å². The molecule has 3 atom stereocenters. The van der Waals surface area contributed by atoms with Crippen molar-refractivity contribution in [2.45, 2.75) is 59.1 Å². The third-order valence-corrected chi connectivity index (χ3v) is 3.66. The number of likely N-dealkylation sites (N-methyl/N-ethyl adjacent to an activating group) is 1. The largest absolute Gasteiger partial charge is 0.379 e. The number of ether oxygens (including phenoxy) is 1. The Kier molecular flexibility index (Phi) is 8.65. The molecule has 0 bridgehead atoms. The molecule has 2 unspecified atom stereocenters. The molecule has 4 nitrogen and oxygen atoms in total. The molecular formula is C15H29NO3. The fourth-order valence-corrected chi connectivity index (χ4v) is 2.37. The summed E-state index contributed by atoms with van der Waals surface area (Å²) < 4.78 is 5.43. The van der Waals surface area contributed by atoms with Crippen LogP contribution in [0.3, 0.4) is 0 Å². The standard InChI is InChI=1S/C15H29NO3/c1-7-12(4)15(13(19-6)8-9-17)16(5)14(18)10-11(2)3/h9,11-13,15H,7-8,10H2,1-6H3/t12?,13?,15-/m0/s1. The molecule has 0 N–H and O–H groups in total. The van der Waals surface area contributed by atoms with Crippen molar-refractivity contribution >= 4 is 12.2 Å². The Balaban J connectivity index is 5.00. The summed E-state index contributed by atoms with van der Waals surface area (Å²) in [6.07, 6.45) is 2.44. The predicted molar refractivity (Wildman–Crippen MR) is 76.9 cm³/mol. The highest BCUT2D eigenvalue weighted by atomic mass is 16.5. The number of methoxy groups -OCH3 is 1.